The first-order chi connectivity index (χ1) is 17.8. The number of rotatable bonds is 8. The summed E-state index contributed by atoms with van der Waals surface area (Å²) in [4.78, 5) is 0. The third-order valence-electron chi connectivity index (χ3n) is 12.2. The molecular formula is C33H58O4Si2. The van der Waals surface area contributed by atoms with Crippen LogP contribution in [0.1, 0.15) is 86.5 Å². The van der Waals surface area contributed by atoms with Crippen LogP contribution < -0.4 is 0 Å². The number of hydrogen-bond acceptors (Lipinski definition) is 4. The molecule has 4 nitrogen and oxygen atoms in total. The minimum atomic E-state index is -2.01. The van der Waals surface area contributed by atoms with Crippen molar-refractivity contribution in [1.29, 1.82) is 0 Å². The highest BCUT2D eigenvalue weighted by molar-refractivity contribution is 6.74. The second kappa shape index (κ2) is 10.4. The van der Waals surface area contributed by atoms with Crippen LogP contribution in [0.3, 0.4) is 0 Å². The Morgan fingerprint density at radius 1 is 1.00 bits per heavy atom. The van der Waals surface area contributed by atoms with E-state index in [1.165, 1.54) is 19.3 Å². The molecule has 0 aliphatic heterocycles. The van der Waals surface area contributed by atoms with Gasteiger partial charge in [-0.15, -0.1) is 6.58 Å². The fourth-order valence-corrected chi connectivity index (χ4v) is 10.1. The van der Waals surface area contributed by atoms with Gasteiger partial charge in [-0.3, -0.25) is 0 Å². The summed E-state index contributed by atoms with van der Waals surface area (Å²) in [5.74, 6) is 10.2. The molecule has 3 unspecified atom stereocenters. The summed E-state index contributed by atoms with van der Waals surface area (Å²) in [6.45, 7) is 27.2. The molecule has 0 aromatic heterocycles. The third-order valence-corrected chi connectivity index (χ3v) is 21.2. The summed E-state index contributed by atoms with van der Waals surface area (Å²) >= 11 is 0. The van der Waals surface area contributed by atoms with Gasteiger partial charge >= 0.3 is 0 Å². The largest absolute Gasteiger partial charge is 0.413 e. The molecule has 6 heteroatoms. The Labute approximate surface area is 242 Å². The highest BCUT2D eigenvalue weighted by Gasteiger charge is 2.69. The molecule has 222 valence electrons. The molecule has 4 aliphatic carbocycles. The lowest BCUT2D eigenvalue weighted by Gasteiger charge is -2.64. The predicted octanol–water partition coefficient (Wildman–Crippen LogP) is 7.94. The van der Waals surface area contributed by atoms with Gasteiger partial charge in [-0.2, -0.15) is 0 Å². The summed E-state index contributed by atoms with van der Waals surface area (Å²) in [6, 6.07) is 0. The normalized spacial score (nSPS) is 39.1. The zero-order valence-electron chi connectivity index (χ0n) is 26.9. The minimum Gasteiger partial charge on any atom is -0.413 e. The quantitative estimate of drug-likeness (QED) is 0.182. The average molecular weight is 575 g/mol. The molecule has 4 aliphatic rings. The van der Waals surface area contributed by atoms with Crippen molar-refractivity contribution in [2.45, 2.75) is 146 Å². The summed E-state index contributed by atoms with van der Waals surface area (Å²) in [5.41, 5.74) is -1.64. The zero-order valence-corrected chi connectivity index (χ0v) is 28.9. The topological polar surface area (TPSA) is 47.9 Å². The molecule has 0 heterocycles. The van der Waals surface area contributed by atoms with Crippen LogP contribution in [-0.4, -0.2) is 52.3 Å². The molecule has 0 aromatic rings. The second-order valence-electron chi connectivity index (χ2n) is 16.3. The van der Waals surface area contributed by atoms with Gasteiger partial charge in [0.25, 0.3) is 0 Å². The van der Waals surface area contributed by atoms with E-state index in [0.717, 1.165) is 37.0 Å². The van der Waals surface area contributed by atoms with E-state index < -0.39 is 27.8 Å². The molecule has 1 N–H and O–H groups in total. The van der Waals surface area contributed by atoms with Gasteiger partial charge in [0.1, 0.15) is 17.3 Å². The van der Waals surface area contributed by atoms with Crippen molar-refractivity contribution in [3.05, 3.63) is 12.7 Å². The molecular weight excluding hydrogens is 517 g/mol. The number of aliphatic hydroxyl groups is 1. The van der Waals surface area contributed by atoms with Crippen molar-refractivity contribution in [2.24, 2.45) is 29.6 Å². The first-order valence-electron chi connectivity index (χ1n) is 15.6. The van der Waals surface area contributed by atoms with Crippen molar-refractivity contribution in [3.8, 4) is 11.8 Å². The van der Waals surface area contributed by atoms with Crippen molar-refractivity contribution in [3.63, 3.8) is 0 Å². The van der Waals surface area contributed by atoms with Crippen molar-refractivity contribution < 1.29 is 18.7 Å². The lowest BCUT2D eigenvalue weighted by molar-refractivity contribution is -0.283. The molecule has 39 heavy (non-hydrogen) atoms. The Kier molecular flexibility index (Phi) is 8.39. The molecule has 0 bridgehead atoms. The molecule has 0 radical (unpaired) electrons. The number of fused-ring (bicyclic) bond motifs is 2. The van der Waals surface area contributed by atoms with E-state index in [9.17, 15) is 5.11 Å². The predicted molar refractivity (Wildman–Crippen MR) is 167 cm³/mol. The SMILES string of the molecule is C=CC1(O)C[C@H]2[C@H](C#C[C@H](CC3C4CCCC43)O[Si](C)(C)C(C)(C)C)[C@@H](O[Si](C)(C)C(C)(C)C)CC[C@]21OC. The van der Waals surface area contributed by atoms with Gasteiger partial charge in [0.15, 0.2) is 16.6 Å². The highest BCUT2D eigenvalue weighted by Crippen LogP contribution is 2.61. The molecule has 0 saturated heterocycles. The zero-order chi connectivity index (χ0) is 29.2. The van der Waals surface area contributed by atoms with Gasteiger partial charge in [0, 0.05) is 13.0 Å². The van der Waals surface area contributed by atoms with E-state index in [0.29, 0.717) is 6.42 Å². The van der Waals surface area contributed by atoms with Crippen LogP contribution >= 0.6 is 0 Å². The van der Waals surface area contributed by atoms with Crippen LogP contribution in [0.4, 0.5) is 0 Å². The van der Waals surface area contributed by atoms with E-state index in [1.807, 2.05) is 0 Å². The second-order valence-corrected chi connectivity index (χ2v) is 25.8. The van der Waals surface area contributed by atoms with E-state index in [4.69, 9.17) is 13.6 Å². The van der Waals surface area contributed by atoms with Crippen LogP contribution in [0, 0.1) is 41.4 Å². The maximum atomic E-state index is 11.4. The highest BCUT2D eigenvalue weighted by atomic mass is 28.4. The van der Waals surface area contributed by atoms with E-state index in [-0.39, 0.29) is 34.1 Å². The Morgan fingerprint density at radius 2 is 1.59 bits per heavy atom. The van der Waals surface area contributed by atoms with E-state index in [1.54, 1.807) is 13.2 Å². The molecule has 0 aromatic carbocycles. The Morgan fingerprint density at radius 3 is 2.10 bits per heavy atom. The Bertz CT molecular complexity index is 972. The Hall–Kier alpha value is -0.426. The molecule has 4 rings (SSSR count). The van der Waals surface area contributed by atoms with Crippen molar-refractivity contribution in [1.82, 2.24) is 0 Å². The van der Waals surface area contributed by atoms with Gasteiger partial charge in [-0.1, -0.05) is 65.9 Å². The first kappa shape index (κ1) is 31.5. The van der Waals surface area contributed by atoms with E-state index in [2.05, 4.69) is 86.2 Å². The number of methoxy groups -OCH3 is 1. The summed E-state index contributed by atoms with van der Waals surface area (Å²) in [5, 5.41) is 11.7. The number of ether oxygens (including phenoxy) is 1. The van der Waals surface area contributed by atoms with Crippen LogP contribution in [-0.2, 0) is 13.6 Å². The first-order valence-corrected chi connectivity index (χ1v) is 21.4. The molecule has 0 spiro atoms. The van der Waals surface area contributed by atoms with Crippen LogP contribution in [0.2, 0.25) is 36.3 Å². The van der Waals surface area contributed by atoms with Gasteiger partial charge in [0.2, 0.25) is 0 Å². The fourth-order valence-electron chi connectivity index (χ4n) is 7.47. The lowest BCUT2D eigenvalue weighted by Crippen LogP contribution is -2.74. The van der Waals surface area contributed by atoms with Crippen LogP contribution in [0.25, 0.3) is 0 Å². The maximum Gasteiger partial charge on any atom is 0.193 e. The van der Waals surface area contributed by atoms with E-state index >= 15 is 0 Å². The summed E-state index contributed by atoms with van der Waals surface area (Å²) in [7, 11) is -2.24. The molecule has 0 amide bonds. The smallest absolute Gasteiger partial charge is 0.193 e. The van der Waals surface area contributed by atoms with Gasteiger partial charge in [-0.05, 0) is 92.5 Å². The van der Waals surface area contributed by atoms with Gasteiger partial charge in [0.05, 0.1) is 12.0 Å². The minimum absolute atomic E-state index is 0.0114. The summed E-state index contributed by atoms with van der Waals surface area (Å²) in [6.07, 6.45) is 9.18. The van der Waals surface area contributed by atoms with Crippen molar-refractivity contribution >= 4 is 16.6 Å². The molecule has 4 saturated carbocycles. The summed E-state index contributed by atoms with van der Waals surface area (Å²) < 4.78 is 20.3. The Balaban J connectivity index is 1.66. The average Bonchev–Trinajstić information content (AvgIpc) is 3.21. The molecule has 4 fully saturated rings. The fraction of sp³-hybridized carbons (Fsp3) is 0.879. The number of hydrogen-bond donors (Lipinski definition) is 1. The van der Waals surface area contributed by atoms with Crippen LogP contribution in [0.15, 0.2) is 12.7 Å². The molecule has 8 atom stereocenters. The lowest BCUT2D eigenvalue weighted by atomic mass is 9.48. The third kappa shape index (κ3) is 5.55. The standard InChI is InChI=1S/C33H58O4Si2/c1-13-32(34)22-28-26(29(19-20-33(28,32)35-8)37-39(11,12)31(5,6)7)18-17-23(36-38(9,10)30(2,3)4)21-27-24-15-14-16-25(24)27/h13,23-29,34H,1,14-16,19-22H2,2-12H3/t23-,24?,25?,26+,27?,28+,29+,32?,33+/m1/s1. The van der Waals surface area contributed by atoms with Gasteiger partial charge < -0.3 is 18.7 Å². The van der Waals surface area contributed by atoms with Crippen LogP contribution in [0.5, 0.6) is 0 Å². The van der Waals surface area contributed by atoms with Gasteiger partial charge in [-0.25, -0.2) is 0 Å². The monoisotopic (exact) mass is 574 g/mol. The maximum absolute atomic E-state index is 11.4. The van der Waals surface area contributed by atoms with Crippen molar-refractivity contribution in [2.75, 3.05) is 7.11 Å².